The van der Waals surface area contributed by atoms with Gasteiger partial charge in [-0.3, -0.25) is 4.98 Å². The Balaban J connectivity index is 1.60. The standard InChI is InChI=1S/C16H19IN5P/c1-11-4-12(6-18-11)9-21-3-2-13-5-15(19-8-16(13)21)14-7-20-22(10-14)23-17/h2-3,5,7-8,10-12,18,23H,4,6,9H2,1H3/t11-,12+/m1/s1. The van der Waals surface area contributed by atoms with Gasteiger partial charge in [0.05, 0.1) is 30.0 Å². The van der Waals surface area contributed by atoms with E-state index in [9.17, 15) is 0 Å². The van der Waals surface area contributed by atoms with Gasteiger partial charge in [-0.1, -0.05) is 0 Å². The van der Waals surface area contributed by atoms with Gasteiger partial charge in [-0.05, 0) is 60.0 Å². The molecule has 0 aliphatic carbocycles. The second-order valence-electron chi connectivity index (χ2n) is 6.27. The third kappa shape index (κ3) is 3.16. The van der Waals surface area contributed by atoms with Crippen LogP contribution in [0.4, 0.5) is 0 Å². The van der Waals surface area contributed by atoms with Crippen LogP contribution in [-0.2, 0) is 6.54 Å². The summed E-state index contributed by atoms with van der Waals surface area (Å²) in [5, 5.41) is 9.12. The molecule has 120 valence electrons. The first-order valence-electron chi connectivity index (χ1n) is 7.83. The molecule has 23 heavy (non-hydrogen) atoms. The Morgan fingerprint density at radius 2 is 2.35 bits per heavy atom. The number of nitrogens with zero attached hydrogens (tertiary/aromatic N) is 4. The zero-order chi connectivity index (χ0) is 15.8. The quantitative estimate of drug-likeness (QED) is 0.499. The number of hydrogen-bond acceptors (Lipinski definition) is 3. The number of halogens is 1. The molecule has 3 aromatic rings. The number of fused-ring (bicyclic) bond motifs is 1. The fraction of sp³-hybridized carbons (Fsp3) is 0.375. The highest BCUT2D eigenvalue weighted by atomic mass is 127. The number of nitrogens with one attached hydrogen (secondary N) is 1. The van der Waals surface area contributed by atoms with Gasteiger partial charge in [-0.15, -0.1) is 0 Å². The zero-order valence-corrected chi connectivity index (χ0v) is 16.1. The first kappa shape index (κ1) is 15.5. The first-order valence-corrected chi connectivity index (χ1v) is 11.9. The van der Waals surface area contributed by atoms with E-state index < -0.39 is 0 Å². The van der Waals surface area contributed by atoms with Gasteiger partial charge in [0.2, 0.25) is 0 Å². The van der Waals surface area contributed by atoms with E-state index >= 15 is 0 Å². The minimum absolute atomic E-state index is 0.619. The monoisotopic (exact) mass is 439 g/mol. The van der Waals surface area contributed by atoms with Crippen LogP contribution in [0.1, 0.15) is 13.3 Å². The molecule has 3 atom stereocenters. The summed E-state index contributed by atoms with van der Waals surface area (Å²) in [4.78, 5) is 4.66. The Kier molecular flexibility index (Phi) is 4.39. The summed E-state index contributed by atoms with van der Waals surface area (Å²) < 4.78 is 4.29. The van der Waals surface area contributed by atoms with Crippen molar-refractivity contribution in [2.75, 3.05) is 6.54 Å². The van der Waals surface area contributed by atoms with Crippen molar-refractivity contribution in [2.45, 2.75) is 25.9 Å². The van der Waals surface area contributed by atoms with Gasteiger partial charge in [0.1, 0.15) is 0 Å². The Morgan fingerprint density at radius 1 is 1.43 bits per heavy atom. The van der Waals surface area contributed by atoms with Crippen molar-refractivity contribution in [3.8, 4) is 11.3 Å². The van der Waals surface area contributed by atoms with E-state index in [2.05, 4.69) is 73.5 Å². The van der Waals surface area contributed by atoms with Crippen molar-refractivity contribution in [3.05, 3.63) is 36.9 Å². The maximum Gasteiger partial charge on any atom is 0.0741 e. The van der Waals surface area contributed by atoms with E-state index in [1.54, 1.807) is 0 Å². The second-order valence-corrected chi connectivity index (χ2v) is 8.34. The number of rotatable bonds is 4. The van der Waals surface area contributed by atoms with Crippen molar-refractivity contribution >= 4 is 39.3 Å². The second kappa shape index (κ2) is 6.49. The predicted molar refractivity (Wildman–Crippen MR) is 104 cm³/mol. The van der Waals surface area contributed by atoms with E-state index in [-0.39, 0.29) is 0 Å². The predicted octanol–water partition coefficient (Wildman–Crippen LogP) is 3.69. The Bertz CT molecular complexity index is 827. The normalized spacial score (nSPS) is 21.8. The molecule has 1 unspecified atom stereocenters. The number of aromatic nitrogens is 4. The molecule has 1 aliphatic rings. The van der Waals surface area contributed by atoms with E-state index in [0.717, 1.165) is 24.3 Å². The molecule has 0 spiro atoms. The molecule has 5 nitrogen and oxygen atoms in total. The molecule has 1 N–H and O–H groups in total. The molecule has 1 saturated heterocycles. The van der Waals surface area contributed by atoms with Gasteiger partial charge >= 0.3 is 0 Å². The minimum atomic E-state index is 0.619. The van der Waals surface area contributed by atoms with Crippen LogP contribution in [0.2, 0.25) is 0 Å². The molecule has 4 heterocycles. The smallest absolute Gasteiger partial charge is 0.0741 e. The highest BCUT2D eigenvalue weighted by Crippen LogP contribution is 2.28. The van der Waals surface area contributed by atoms with Crippen molar-refractivity contribution < 1.29 is 0 Å². The maximum atomic E-state index is 4.66. The van der Waals surface area contributed by atoms with Gasteiger partial charge in [0.25, 0.3) is 0 Å². The van der Waals surface area contributed by atoms with Crippen LogP contribution in [0.5, 0.6) is 0 Å². The van der Waals surface area contributed by atoms with Crippen LogP contribution in [0, 0.1) is 5.92 Å². The molecule has 0 saturated carbocycles. The lowest BCUT2D eigenvalue weighted by Crippen LogP contribution is -2.17. The average molecular weight is 439 g/mol. The molecule has 1 aliphatic heterocycles. The fourth-order valence-corrected chi connectivity index (χ4v) is 4.44. The van der Waals surface area contributed by atoms with Crippen LogP contribution in [0.25, 0.3) is 22.2 Å². The van der Waals surface area contributed by atoms with Crippen molar-refractivity contribution in [2.24, 2.45) is 5.92 Å². The molecule has 0 amide bonds. The van der Waals surface area contributed by atoms with Gasteiger partial charge in [0.15, 0.2) is 0 Å². The molecular formula is C16H19IN5P. The summed E-state index contributed by atoms with van der Waals surface area (Å²) in [5.74, 6) is 0.711. The lowest BCUT2D eigenvalue weighted by molar-refractivity contribution is 0.483. The van der Waals surface area contributed by atoms with Crippen molar-refractivity contribution in [3.63, 3.8) is 0 Å². The summed E-state index contributed by atoms with van der Waals surface area (Å²) in [6, 6.07) is 5.00. The molecule has 3 aromatic heterocycles. The molecular weight excluding hydrogens is 420 g/mol. The molecule has 0 bridgehead atoms. The highest BCUT2D eigenvalue weighted by molar-refractivity contribution is 14.2. The lowest BCUT2D eigenvalue weighted by Gasteiger charge is -2.11. The molecule has 4 rings (SSSR count). The van der Waals surface area contributed by atoms with E-state index in [1.807, 2.05) is 16.8 Å². The van der Waals surface area contributed by atoms with Gasteiger partial charge in [0, 0.05) is 35.9 Å². The van der Waals surface area contributed by atoms with Gasteiger partial charge in [-0.2, -0.15) is 5.10 Å². The summed E-state index contributed by atoms with van der Waals surface area (Å²) in [7, 11) is 0. The van der Waals surface area contributed by atoms with Crippen LogP contribution in [0.15, 0.2) is 36.9 Å². The molecule has 7 heteroatoms. The van der Waals surface area contributed by atoms with Gasteiger partial charge < -0.3 is 9.88 Å². The Hall–Kier alpha value is -0.980. The van der Waals surface area contributed by atoms with E-state index in [1.165, 1.54) is 17.3 Å². The van der Waals surface area contributed by atoms with E-state index in [0.29, 0.717) is 18.3 Å². The van der Waals surface area contributed by atoms with Crippen LogP contribution < -0.4 is 5.32 Å². The average Bonchev–Trinajstić information content (AvgIpc) is 3.28. The summed E-state index contributed by atoms with van der Waals surface area (Å²) in [6.07, 6.45) is 10.0. The molecule has 1 fully saturated rings. The summed E-state index contributed by atoms with van der Waals surface area (Å²) in [6.45, 7) is 4.44. The van der Waals surface area contributed by atoms with Crippen LogP contribution in [0.3, 0.4) is 0 Å². The third-order valence-electron chi connectivity index (χ3n) is 4.52. The lowest BCUT2D eigenvalue weighted by atomic mass is 10.1. The highest BCUT2D eigenvalue weighted by Gasteiger charge is 2.21. The fourth-order valence-electron chi connectivity index (χ4n) is 3.36. The summed E-state index contributed by atoms with van der Waals surface area (Å²) in [5.41, 5.74) is 3.29. The zero-order valence-electron chi connectivity index (χ0n) is 12.9. The first-order chi connectivity index (χ1) is 11.2. The van der Waals surface area contributed by atoms with Crippen LogP contribution in [-0.4, -0.2) is 31.7 Å². The molecule has 0 aromatic carbocycles. The third-order valence-corrected chi connectivity index (χ3v) is 6.42. The minimum Gasteiger partial charge on any atom is -0.346 e. The largest absolute Gasteiger partial charge is 0.346 e. The van der Waals surface area contributed by atoms with Crippen molar-refractivity contribution in [1.82, 2.24) is 24.4 Å². The molecule has 0 radical (unpaired) electrons. The summed E-state index contributed by atoms with van der Waals surface area (Å²) >= 11 is 2.33. The van der Waals surface area contributed by atoms with E-state index in [4.69, 9.17) is 0 Å². The van der Waals surface area contributed by atoms with Crippen molar-refractivity contribution in [1.29, 1.82) is 0 Å². The Morgan fingerprint density at radius 3 is 3.09 bits per heavy atom. The Labute approximate surface area is 150 Å². The number of pyridine rings is 1. The van der Waals surface area contributed by atoms with Gasteiger partial charge in [-0.25, -0.2) is 4.45 Å². The number of hydrogen-bond donors (Lipinski definition) is 1. The maximum absolute atomic E-state index is 4.66. The van der Waals surface area contributed by atoms with Crippen LogP contribution >= 0.6 is 28.4 Å². The SMILES string of the molecule is C[C@@H]1C[C@H](Cn2ccc3cc(-c4cnn(PI)c4)ncc32)CN1. The topological polar surface area (TPSA) is 47.7 Å².